The lowest BCUT2D eigenvalue weighted by atomic mass is 10.2. The molecule has 0 bridgehead atoms. The molecule has 2 aromatic rings. The van der Waals surface area contributed by atoms with E-state index in [0.717, 1.165) is 0 Å². The van der Waals surface area contributed by atoms with Gasteiger partial charge in [0.15, 0.2) is 18.1 Å². The third-order valence-electron chi connectivity index (χ3n) is 3.59. The van der Waals surface area contributed by atoms with Gasteiger partial charge in [0.1, 0.15) is 18.2 Å². The quantitative estimate of drug-likeness (QED) is 0.845. The van der Waals surface area contributed by atoms with Crippen molar-refractivity contribution in [2.75, 3.05) is 31.3 Å². The summed E-state index contributed by atoms with van der Waals surface area (Å²) in [7, 11) is 0. The van der Waals surface area contributed by atoms with Gasteiger partial charge in [-0.25, -0.2) is 4.39 Å². The first-order valence-electron chi connectivity index (χ1n) is 7.76. The largest absolute Gasteiger partial charge is 0.490 e. The third-order valence-corrected chi connectivity index (χ3v) is 3.59. The van der Waals surface area contributed by atoms with Crippen LogP contribution in [-0.4, -0.2) is 32.3 Å². The Morgan fingerprint density at radius 1 is 1.21 bits per heavy atom. The number of ether oxygens (including phenoxy) is 3. The van der Waals surface area contributed by atoms with Gasteiger partial charge in [0.25, 0.3) is 5.91 Å². The lowest BCUT2D eigenvalue weighted by molar-refractivity contribution is -0.120. The Morgan fingerprint density at radius 3 is 2.71 bits per heavy atom. The molecular weight excluding hydrogens is 313 g/mol. The van der Waals surface area contributed by atoms with E-state index in [2.05, 4.69) is 0 Å². The highest BCUT2D eigenvalue weighted by Gasteiger charge is 2.24. The Morgan fingerprint density at radius 2 is 1.96 bits per heavy atom. The molecule has 2 aromatic carbocycles. The van der Waals surface area contributed by atoms with E-state index in [1.54, 1.807) is 17.0 Å². The highest BCUT2D eigenvalue weighted by molar-refractivity contribution is 5.96. The Labute approximate surface area is 139 Å². The smallest absolute Gasteiger partial charge is 0.265 e. The molecular formula is C18H18FNO4. The average Bonchev–Trinajstić information content (AvgIpc) is 2.60. The maximum Gasteiger partial charge on any atom is 0.265 e. The van der Waals surface area contributed by atoms with Crippen LogP contribution in [-0.2, 0) is 4.79 Å². The number of rotatable bonds is 5. The zero-order valence-electron chi connectivity index (χ0n) is 13.3. The van der Waals surface area contributed by atoms with Gasteiger partial charge < -0.3 is 19.1 Å². The van der Waals surface area contributed by atoms with Gasteiger partial charge in [-0.15, -0.1) is 0 Å². The van der Waals surface area contributed by atoms with Crippen LogP contribution in [0.3, 0.4) is 0 Å². The normalized spacial score (nSPS) is 13.0. The number of carbonyl (C=O) groups excluding carboxylic acids is 1. The molecule has 0 atom stereocenters. The van der Waals surface area contributed by atoms with Gasteiger partial charge in [-0.1, -0.05) is 12.1 Å². The molecule has 1 aliphatic heterocycles. The van der Waals surface area contributed by atoms with E-state index < -0.39 is 5.82 Å². The summed E-state index contributed by atoms with van der Waals surface area (Å²) in [6.07, 6.45) is 0. The van der Waals surface area contributed by atoms with Crippen molar-refractivity contribution in [3.63, 3.8) is 0 Å². The van der Waals surface area contributed by atoms with E-state index in [9.17, 15) is 9.18 Å². The molecule has 24 heavy (non-hydrogen) atoms. The number of hydrogen-bond donors (Lipinski definition) is 0. The summed E-state index contributed by atoms with van der Waals surface area (Å²) >= 11 is 0. The van der Waals surface area contributed by atoms with Crippen LogP contribution in [0.25, 0.3) is 0 Å². The summed E-state index contributed by atoms with van der Waals surface area (Å²) in [5, 5.41) is 0. The van der Waals surface area contributed by atoms with Gasteiger partial charge in [0.2, 0.25) is 0 Å². The van der Waals surface area contributed by atoms with Crippen LogP contribution in [0.15, 0.2) is 42.5 Å². The van der Waals surface area contributed by atoms with Crippen molar-refractivity contribution < 1.29 is 23.4 Å². The second-order valence-electron chi connectivity index (χ2n) is 5.17. The molecule has 0 N–H and O–H groups in total. The molecule has 126 valence electrons. The van der Waals surface area contributed by atoms with Gasteiger partial charge in [0.05, 0.1) is 18.8 Å². The van der Waals surface area contributed by atoms with Gasteiger partial charge in [-0.05, 0) is 31.2 Å². The summed E-state index contributed by atoms with van der Waals surface area (Å²) in [6.45, 7) is 2.97. The zero-order chi connectivity index (χ0) is 16.9. The van der Waals surface area contributed by atoms with Gasteiger partial charge in [-0.3, -0.25) is 4.79 Å². The fraction of sp³-hybridized carbons (Fsp3) is 0.278. The molecule has 0 fully saturated rings. The number of anilines is 1. The maximum atomic E-state index is 13.3. The minimum atomic E-state index is -0.398. The van der Waals surface area contributed by atoms with Crippen molar-refractivity contribution in [1.82, 2.24) is 0 Å². The fourth-order valence-electron chi connectivity index (χ4n) is 2.51. The number of fused-ring (bicyclic) bond motifs is 1. The summed E-state index contributed by atoms with van der Waals surface area (Å²) in [6, 6.07) is 11.3. The molecule has 0 radical (unpaired) electrons. The summed E-state index contributed by atoms with van der Waals surface area (Å²) in [5.74, 6) is 0.851. The van der Waals surface area contributed by atoms with Crippen molar-refractivity contribution in [2.45, 2.75) is 6.92 Å². The third kappa shape index (κ3) is 3.42. The molecule has 5 nitrogen and oxygen atoms in total. The van der Waals surface area contributed by atoms with E-state index >= 15 is 0 Å². The minimum absolute atomic E-state index is 0.138. The molecule has 0 saturated heterocycles. The van der Waals surface area contributed by atoms with E-state index in [-0.39, 0.29) is 12.5 Å². The number of halogens is 1. The predicted molar refractivity (Wildman–Crippen MR) is 87.4 cm³/mol. The van der Waals surface area contributed by atoms with E-state index in [4.69, 9.17) is 14.2 Å². The summed E-state index contributed by atoms with van der Waals surface area (Å²) in [4.78, 5) is 14.0. The molecule has 0 spiro atoms. The topological polar surface area (TPSA) is 48.0 Å². The highest BCUT2D eigenvalue weighted by Crippen LogP contribution is 2.32. The molecule has 1 heterocycles. The lowest BCUT2D eigenvalue weighted by Crippen LogP contribution is -2.40. The van der Waals surface area contributed by atoms with Crippen LogP contribution in [0.5, 0.6) is 17.2 Å². The standard InChI is InChI=1S/C18H18FNO4/c1-2-22-15-5-3-4-6-16(15)24-12-18(21)20-9-10-23-17-11-13(19)7-8-14(17)20/h3-8,11H,2,9-10,12H2,1H3. The summed E-state index contributed by atoms with van der Waals surface area (Å²) in [5.41, 5.74) is 0.550. The molecule has 1 aliphatic rings. The average molecular weight is 331 g/mol. The predicted octanol–water partition coefficient (Wildman–Crippen LogP) is 3.03. The number of hydrogen-bond acceptors (Lipinski definition) is 4. The molecule has 0 unspecified atom stereocenters. The number of benzene rings is 2. The first kappa shape index (κ1) is 16.1. The van der Waals surface area contributed by atoms with Crippen molar-refractivity contribution >= 4 is 11.6 Å². The SMILES string of the molecule is CCOc1ccccc1OCC(=O)N1CCOc2cc(F)ccc21. The van der Waals surface area contributed by atoms with E-state index in [1.807, 2.05) is 19.1 Å². The minimum Gasteiger partial charge on any atom is -0.490 e. The Bertz CT molecular complexity index is 735. The second kappa shape index (κ2) is 7.21. The van der Waals surface area contributed by atoms with E-state index in [0.29, 0.717) is 42.7 Å². The molecule has 3 rings (SSSR count). The molecule has 0 saturated carbocycles. The number of carbonyl (C=O) groups is 1. The van der Waals surface area contributed by atoms with Crippen molar-refractivity contribution in [1.29, 1.82) is 0 Å². The first-order chi connectivity index (χ1) is 11.7. The van der Waals surface area contributed by atoms with Gasteiger partial charge >= 0.3 is 0 Å². The van der Waals surface area contributed by atoms with Crippen LogP contribution in [0.4, 0.5) is 10.1 Å². The zero-order valence-corrected chi connectivity index (χ0v) is 13.3. The van der Waals surface area contributed by atoms with Gasteiger partial charge in [-0.2, -0.15) is 0 Å². The Hall–Kier alpha value is -2.76. The first-order valence-corrected chi connectivity index (χ1v) is 7.76. The van der Waals surface area contributed by atoms with Crippen molar-refractivity contribution in [3.8, 4) is 17.2 Å². The molecule has 6 heteroatoms. The number of nitrogens with zero attached hydrogens (tertiary/aromatic N) is 1. The number of amides is 1. The maximum absolute atomic E-state index is 13.3. The fourth-order valence-corrected chi connectivity index (χ4v) is 2.51. The highest BCUT2D eigenvalue weighted by atomic mass is 19.1. The molecule has 1 amide bonds. The van der Waals surface area contributed by atoms with Crippen LogP contribution >= 0.6 is 0 Å². The van der Waals surface area contributed by atoms with Crippen LogP contribution in [0.2, 0.25) is 0 Å². The molecule has 0 aliphatic carbocycles. The molecule has 0 aromatic heterocycles. The number of para-hydroxylation sites is 2. The van der Waals surface area contributed by atoms with Crippen molar-refractivity contribution in [2.24, 2.45) is 0 Å². The van der Waals surface area contributed by atoms with Crippen LogP contribution in [0, 0.1) is 5.82 Å². The lowest BCUT2D eigenvalue weighted by Gasteiger charge is -2.29. The van der Waals surface area contributed by atoms with Crippen LogP contribution in [0.1, 0.15) is 6.92 Å². The van der Waals surface area contributed by atoms with Crippen LogP contribution < -0.4 is 19.1 Å². The summed E-state index contributed by atoms with van der Waals surface area (Å²) < 4.78 is 29.8. The Balaban J connectivity index is 1.71. The van der Waals surface area contributed by atoms with Crippen molar-refractivity contribution in [3.05, 3.63) is 48.3 Å². The van der Waals surface area contributed by atoms with E-state index in [1.165, 1.54) is 18.2 Å². The Kier molecular flexibility index (Phi) is 4.84. The van der Waals surface area contributed by atoms with Gasteiger partial charge in [0, 0.05) is 6.07 Å². The second-order valence-corrected chi connectivity index (χ2v) is 5.17. The monoisotopic (exact) mass is 331 g/mol.